The van der Waals surface area contributed by atoms with E-state index in [4.69, 9.17) is 4.74 Å². The molecule has 2 heterocycles. The number of aromatic amines is 1. The van der Waals surface area contributed by atoms with Gasteiger partial charge in [-0.05, 0) is 18.6 Å². The fourth-order valence-electron chi connectivity index (χ4n) is 1.27. The Labute approximate surface area is 76.8 Å². The standard InChI is InChI=1S/C10H12N2O/c1-2-7-13-9-4-6-12-10-8(9)3-5-11-10/h3-6H,2,7H2,1H3,(H,11,12). The van der Waals surface area contributed by atoms with Crippen molar-refractivity contribution in [3.63, 3.8) is 0 Å². The molecule has 0 aliphatic carbocycles. The van der Waals surface area contributed by atoms with Crippen molar-refractivity contribution in [1.82, 2.24) is 9.97 Å². The number of pyridine rings is 1. The molecule has 3 nitrogen and oxygen atoms in total. The zero-order chi connectivity index (χ0) is 9.10. The van der Waals surface area contributed by atoms with Crippen molar-refractivity contribution in [2.24, 2.45) is 0 Å². The first-order valence-electron chi connectivity index (χ1n) is 4.46. The van der Waals surface area contributed by atoms with E-state index in [-0.39, 0.29) is 0 Å². The maximum absolute atomic E-state index is 5.57. The van der Waals surface area contributed by atoms with Gasteiger partial charge in [0.15, 0.2) is 0 Å². The van der Waals surface area contributed by atoms with Gasteiger partial charge in [-0.25, -0.2) is 4.98 Å². The van der Waals surface area contributed by atoms with E-state index in [1.54, 1.807) is 6.20 Å². The Bertz CT molecular complexity index is 394. The third-order valence-corrected chi connectivity index (χ3v) is 1.88. The van der Waals surface area contributed by atoms with Gasteiger partial charge in [-0.3, -0.25) is 0 Å². The Balaban J connectivity index is 2.37. The zero-order valence-electron chi connectivity index (χ0n) is 7.58. The number of hydrogen-bond acceptors (Lipinski definition) is 2. The van der Waals surface area contributed by atoms with E-state index in [1.807, 2.05) is 18.3 Å². The lowest BCUT2D eigenvalue weighted by atomic mass is 10.3. The molecule has 2 aromatic rings. The summed E-state index contributed by atoms with van der Waals surface area (Å²) >= 11 is 0. The average Bonchev–Trinajstić information content (AvgIpc) is 2.62. The Hall–Kier alpha value is -1.51. The van der Waals surface area contributed by atoms with Gasteiger partial charge in [0.05, 0.1) is 12.0 Å². The van der Waals surface area contributed by atoms with Crippen LogP contribution in [0.3, 0.4) is 0 Å². The third kappa shape index (κ3) is 1.49. The summed E-state index contributed by atoms with van der Waals surface area (Å²) in [5.41, 5.74) is 0.883. The molecule has 0 amide bonds. The van der Waals surface area contributed by atoms with Gasteiger partial charge in [0.1, 0.15) is 11.4 Å². The molecule has 0 atom stereocenters. The summed E-state index contributed by atoms with van der Waals surface area (Å²) in [7, 11) is 0. The molecule has 0 saturated heterocycles. The van der Waals surface area contributed by atoms with Crippen molar-refractivity contribution in [2.45, 2.75) is 13.3 Å². The van der Waals surface area contributed by atoms with E-state index in [2.05, 4.69) is 16.9 Å². The van der Waals surface area contributed by atoms with E-state index in [0.717, 1.165) is 29.8 Å². The molecule has 0 aliphatic rings. The summed E-state index contributed by atoms with van der Waals surface area (Å²) in [5.74, 6) is 0.910. The van der Waals surface area contributed by atoms with Crippen LogP contribution in [0.2, 0.25) is 0 Å². The van der Waals surface area contributed by atoms with Crippen molar-refractivity contribution < 1.29 is 4.74 Å². The van der Waals surface area contributed by atoms with E-state index in [1.165, 1.54) is 0 Å². The number of aromatic nitrogens is 2. The maximum atomic E-state index is 5.57. The van der Waals surface area contributed by atoms with Gasteiger partial charge in [-0.1, -0.05) is 6.92 Å². The minimum absolute atomic E-state index is 0.754. The molecule has 0 saturated carbocycles. The number of rotatable bonds is 3. The topological polar surface area (TPSA) is 37.9 Å². The van der Waals surface area contributed by atoms with Crippen LogP contribution in [0.25, 0.3) is 11.0 Å². The van der Waals surface area contributed by atoms with Crippen LogP contribution in [0.5, 0.6) is 5.75 Å². The van der Waals surface area contributed by atoms with Gasteiger partial charge in [-0.15, -0.1) is 0 Å². The first kappa shape index (κ1) is 8.10. The number of hydrogen-bond donors (Lipinski definition) is 1. The highest BCUT2D eigenvalue weighted by atomic mass is 16.5. The van der Waals surface area contributed by atoms with Gasteiger partial charge in [-0.2, -0.15) is 0 Å². The SMILES string of the molecule is CCCOc1ccnc2[nH]ccc12. The molecule has 3 heteroatoms. The van der Waals surface area contributed by atoms with E-state index in [9.17, 15) is 0 Å². The molecule has 0 aromatic carbocycles. The molecule has 2 aromatic heterocycles. The van der Waals surface area contributed by atoms with E-state index in [0.29, 0.717) is 0 Å². The monoisotopic (exact) mass is 176 g/mol. The van der Waals surface area contributed by atoms with E-state index < -0.39 is 0 Å². The molecule has 0 bridgehead atoms. The van der Waals surface area contributed by atoms with Gasteiger partial charge in [0.25, 0.3) is 0 Å². The molecule has 0 fully saturated rings. The first-order valence-corrected chi connectivity index (χ1v) is 4.46. The second kappa shape index (κ2) is 3.47. The predicted molar refractivity (Wildman–Crippen MR) is 51.9 cm³/mol. The molecule has 1 N–H and O–H groups in total. The first-order chi connectivity index (χ1) is 6.42. The van der Waals surface area contributed by atoms with Gasteiger partial charge < -0.3 is 9.72 Å². The maximum Gasteiger partial charge on any atom is 0.140 e. The van der Waals surface area contributed by atoms with Crippen LogP contribution >= 0.6 is 0 Å². The van der Waals surface area contributed by atoms with Gasteiger partial charge in [0.2, 0.25) is 0 Å². The molecule has 2 rings (SSSR count). The molecule has 0 aliphatic heterocycles. The smallest absolute Gasteiger partial charge is 0.140 e. The number of nitrogens with zero attached hydrogens (tertiary/aromatic N) is 1. The zero-order valence-corrected chi connectivity index (χ0v) is 7.58. The van der Waals surface area contributed by atoms with Crippen molar-refractivity contribution >= 4 is 11.0 Å². The van der Waals surface area contributed by atoms with Crippen LogP contribution in [-0.4, -0.2) is 16.6 Å². The Morgan fingerprint density at radius 1 is 1.46 bits per heavy atom. The minimum atomic E-state index is 0.754. The Kier molecular flexibility index (Phi) is 2.17. The molecular weight excluding hydrogens is 164 g/mol. The lowest BCUT2D eigenvalue weighted by molar-refractivity contribution is 0.321. The largest absolute Gasteiger partial charge is 0.493 e. The number of fused-ring (bicyclic) bond motifs is 1. The molecule has 0 radical (unpaired) electrons. The van der Waals surface area contributed by atoms with Crippen LogP contribution in [0, 0.1) is 0 Å². The molecule has 0 spiro atoms. The minimum Gasteiger partial charge on any atom is -0.493 e. The van der Waals surface area contributed by atoms with Crippen LogP contribution in [0.1, 0.15) is 13.3 Å². The highest BCUT2D eigenvalue weighted by Crippen LogP contribution is 2.22. The Morgan fingerprint density at radius 3 is 3.23 bits per heavy atom. The quantitative estimate of drug-likeness (QED) is 0.779. The summed E-state index contributed by atoms with van der Waals surface area (Å²) in [6.07, 6.45) is 4.65. The summed E-state index contributed by atoms with van der Waals surface area (Å²) in [5, 5.41) is 1.05. The molecular formula is C10H12N2O. The highest BCUT2D eigenvalue weighted by Gasteiger charge is 2.01. The summed E-state index contributed by atoms with van der Waals surface area (Å²) < 4.78 is 5.57. The van der Waals surface area contributed by atoms with Crippen molar-refractivity contribution in [1.29, 1.82) is 0 Å². The fourth-order valence-corrected chi connectivity index (χ4v) is 1.27. The Morgan fingerprint density at radius 2 is 2.38 bits per heavy atom. The second-order valence-electron chi connectivity index (χ2n) is 2.90. The summed E-state index contributed by atoms with van der Waals surface area (Å²) in [6.45, 7) is 2.85. The summed E-state index contributed by atoms with van der Waals surface area (Å²) in [4.78, 5) is 7.22. The highest BCUT2D eigenvalue weighted by molar-refractivity contribution is 5.82. The normalized spacial score (nSPS) is 10.5. The van der Waals surface area contributed by atoms with E-state index >= 15 is 0 Å². The van der Waals surface area contributed by atoms with Crippen molar-refractivity contribution in [3.05, 3.63) is 24.5 Å². The van der Waals surface area contributed by atoms with Crippen LogP contribution in [0.15, 0.2) is 24.5 Å². The average molecular weight is 176 g/mol. The molecule has 0 unspecified atom stereocenters. The van der Waals surface area contributed by atoms with Crippen molar-refractivity contribution in [3.8, 4) is 5.75 Å². The van der Waals surface area contributed by atoms with Gasteiger partial charge >= 0.3 is 0 Å². The van der Waals surface area contributed by atoms with Crippen LogP contribution in [0.4, 0.5) is 0 Å². The predicted octanol–water partition coefficient (Wildman–Crippen LogP) is 2.35. The van der Waals surface area contributed by atoms with Gasteiger partial charge in [0, 0.05) is 12.4 Å². The second-order valence-corrected chi connectivity index (χ2v) is 2.90. The number of nitrogens with one attached hydrogen (secondary N) is 1. The molecule has 68 valence electrons. The van der Waals surface area contributed by atoms with Crippen LogP contribution < -0.4 is 4.74 Å². The number of ether oxygens (including phenoxy) is 1. The number of H-pyrrole nitrogens is 1. The molecule has 13 heavy (non-hydrogen) atoms. The fraction of sp³-hybridized carbons (Fsp3) is 0.300. The lowest BCUT2D eigenvalue weighted by Gasteiger charge is -2.04. The summed E-state index contributed by atoms with van der Waals surface area (Å²) in [6, 6.07) is 3.87. The van der Waals surface area contributed by atoms with Crippen LogP contribution in [-0.2, 0) is 0 Å². The van der Waals surface area contributed by atoms with Crippen molar-refractivity contribution in [2.75, 3.05) is 6.61 Å². The lowest BCUT2D eigenvalue weighted by Crippen LogP contribution is -1.95. The third-order valence-electron chi connectivity index (χ3n) is 1.88.